The molecule has 0 amide bonds. The van der Waals surface area contributed by atoms with E-state index >= 15 is 0 Å². The number of carbonyl (C=O) groups is 2. The fourth-order valence-electron chi connectivity index (χ4n) is 2.03. The molecule has 3 atom stereocenters. The fourth-order valence-corrected chi connectivity index (χ4v) is 2.22. The first kappa shape index (κ1) is 18.9. The maximum atomic E-state index is 11.2. The molecule has 0 saturated carbocycles. The second kappa shape index (κ2) is 9.14. The summed E-state index contributed by atoms with van der Waals surface area (Å²) in [4.78, 5) is 22.2. The van der Waals surface area contributed by atoms with Gasteiger partial charge in [-0.1, -0.05) is 18.2 Å². The smallest absolute Gasteiger partial charge is 0.360 e. The lowest BCUT2D eigenvalue weighted by Gasteiger charge is -2.31. The van der Waals surface area contributed by atoms with Gasteiger partial charge >= 0.3 is 17.2 Å². The molecule has 1 aromatic carbocycles. The molecule has 1 aliphatic heterocycles. The minimum Gasteiger partial charge on any atom is -0.463 e. The highest BCUT2D eigenvalue weighted by Gasteiger charge is 2.32. The molecule has 1 aliphatic rings. The van der Waals surface area contributed by atoms with Crippen molar-refractivity contribution in [3.05, 3.63) is 42.5 Å². The third kappa shape index (κ3) is 6.52. The van der Waals surface area contributed by atoms with E-state index in [1.54, 1.807) is 36.4 Å². The molecule has 0 bridgehead atoms. The molecule has 2 unspecified atom stereocenters. The normalized spacial score (nSPS) is 21.9. The first-order valence-electron chi connectivity index (χ1n) is 7.52. The van der Waals surface area contributed by atoms with Gasteiger partial charge in [0.05, 0.1) is 0 Å². The Bertz CT molecular complexity index is 644. The monoisotopic (exact) mass is 366 g/mol. The van der Waals surface area contributed by atoms with E-state index in [2.05, 4.69) is 0 Å². The minimum absolute atomic E-state index is 0.0935. The van der Waals surface area contributed by atoms with Crippen LogP contribution in [0.3, 0.4) is 0 Å². The van der Waals surface area contributed by atoms with Crippen LogP contribution in [-0.2, 0) is 28.5 Å². The topological polar surface area (TPSA) is 80.3 Å². The van der Waals surface area contributed by atoms with Crippen molar-refractivity contribution in [1.82, 2.24) is 0 Å². The molecule has 25 heavy (non-hydrogen) atoms. The predicted octanol–water partition coefficient (Wildman–Crippen LogP) is 2.14. The number of benzene rings is 1. The van der Waals surface area contributed by atoms with Crippen molar-refractivity contribution in [2.45, 2.75) is 32.3 Å². The van der Waals surface area contributed by atoms with E-state index < -0.39 is 30.4 Å². The number of hydrogen-bond acceptors (Lipinski definition) is 8. The van der Waals surface area contributed by atoms with E-state index in [-0.39, 0.29) is 11.8 Å². The standard InChI is InChI=1S/C17H18O7S/c1-11(18)20-10-15-14(21-12(2)19)8-9-16(23-15)24-17(25)22-13-6-4-3-5-7-13/h3-9,14-16H,10H2,1-2H3/t14-,15?,16?/m1/s1. The van der Waals surface area contributed by atoms with Gasteiger partial charge in [0.2, 0.25) is 6.29 Å². The molecule has 7 nitrogen and oxygen atoms in total. The van der Waals surface area contributed by atoms with Gasteiger partial charge in [-0.15, -0.1) is 0 Å². The van der Waals surface area contributed by atoms with E-state index in [1.807, 2.05) is 6.07 Å². The number of hydrogen-bond donors (Lipinski definition) is 0. The molecule has 1 aromatic rings. The maximum absolute atomic E-state index is 11.2. The van der Waals surface area contributed by atoms with Gasteiger partial charge in [-0.25, -0.2) is 0 Å². The molecule has 0 N–H and O–H groups in total. The lowest BCUT2D eigenvalue weighted by molar-refractivity contribution is -0.182. The zero-order valence-corrected chi connectivity index (χ0v) is 14.6. The summed E-state index contributed by atoms with van der Waals surface area (Å²) in [6.07, 6.45) is 0.860. The quantitative estimate of drug-likeness (QED) is 0.445. The number of carbonyl (C=O) groups excluding carboxylic acids is 2. The van der Waals surface area contributed by atoms with Crippen LogP contribution in [0.15, 0.2) is 42.5 Å². The van der Waals surface area contributed by atoms with Gasteiger partial charge in [-0.2, -0.15) is 0 Å². The van der Waals surface area contributed by atoms with E-state index in [1.165, 1.54) is 13.8 Å². The largest absolute Gasteiger partial charge is 0.463 e. The molecule has 0 saturated heterocycles. The zero-order valence-electron chi connectivity index (χ0n) is 13.7. The number of para-hydroxylation sites is 1. The number of ether oxygens (including phenoxy) is 5. The van der Waals surface area contributed by atoms with Crippen LogP contribution in [0.1, 0.15) is 13.8 Å². The Balaban J connectivity index is 1.95. The van der Waals surface area contributed by atoms with E-state index in [0.29, 0.717) is 5.75 Å². The molecule has 0 radical (unpaired) electrons. The van der Waals surface area contributed by atoms with Crippen LogP contribution >= 0.6 is 12.2 Å². The van der Waals surface area contributed by atoms with Crippen LogP contribution in [0.4, 0.5) is 0 Å². The third-order valence-electron chi connectivity index (χ3n) is 3.04. The molecule has 0 spiro atoms. The average Bonchev–Trinajstić information content (AvgIpc) is 2.55. The Labute approximate surface area is 150 Å². The Morgan fingerprint density at radius 2 is 1.80 bits per heavy atom. The predicted molar refractivity (Wildman–Crippen MR) is 90.7 cm³/mol. The molecule has 8 heteroatoms. The molecular weight excluding hydrogens is 348 g/mol. The van der Waals surface area contributed by atoms with E-state index in [0.717, 1.165) is 0 Å². The number of rotatable bonds is 5. The molecule has 2 rings (SSSR count). The minimum atomic E-state index is -0.858. The maximum Gasteiger partial charge on any atom is 0.360 e. The van der Waals surface area contributed by atoms with Crippen LogP contribution in [0.5, 0.6) is 5.75 Å². The van der Waals surface area contributed by atoms with Gasteiger partial charge in [0.1, 0.15) is 24.6 Å². The molecule has 1 heterocycles. The van der Waals surface area contributed by atoms with Gasteiger partial charge in [0, 0.05) is 26.1 Å². The van der Waals surface area contributed by atoms with Gasteiger partial charge < -0.3 is 23.7 Å². The third-order valence-corrected chi connectivity index (χ3v) is 3.22. The summed E-state index contributed by atoms with van der Waals surface area (Å²) in [5.41, 5.74) is 0. The number of thiocarbonyl (C=S) groups is 1. The first-order chi connectivity index (χ1) is 11.9. The van der Waals surface area contributed by atoms with Crippen LogP contribution < -0.4 is 4.74 Å². The van der Waals surface area contributed by atoms with Gasteiger partial charge in [0.25, 0.3) is 0 Å². The molecule has 134 valence electrons. The highest BCUT2D eigenvalue weighted by atomic mass is 32.1. The van der Waals surface area contributed by atoms with Crippen molar-refractivity contribution in [3.63, 3.8) is 0 Å². The summed E-state index contributed by atoms with van der Waals surface area (Å²) in [7, 11) is 0. The van der Waals surface area contributed by atoms with Gasteiger partial charge in [0.15, 0.2) is 0 Å². The highest BCUT2D eigenvalue weighted by Crippen LogP contribution is 2.19. The Hall–Kier alpha value is -2.45. The lowest BCUT2D eigenvalue weighted by Crippen LogP contribution is -2.42. The highest BCUT2D eigenvalue weighted by molar-refractivity contribution is 7.79. The summed E-state index contributed by atoms with van der Waals surface area (Å²) in [5, 5.41) is -0.127. The summed E-state index contributed by atoms with van der Waals surface area (Å²) in [5.74, 6) is -0.421. The van der Waals surface area contributed by atoms with Crippen molar-refractivity contribution in [2.75, 3.05) is 6.61 Å². The van der Waals surface area contributed by atoms with E-state index in [9.17, 15) is 9.59 Å². The SMILES string of the molecule is CC(=O)OCC1OC(OC(=S)Oc2ccccc2)C=C[C@H]1OC(C)=O. The van der Waals surface area contributed by atoms with Crippen molar-refractivity contribution in [3.8, 4) is 5.75 Å². The van der Waals surface area contributed by atoms with Gasteiger partial charge in [-0.05, 0) is 24.3 Å². The Morgan fingerprint density at radius 3 is 2.44 bits per heavy atom. The molecular formula is C17H18O7S. The average molecular weight is 366 g/mol. The van der Waals surface area contributed by atoms with Gasteiger partial charge in [-0.3, -0.25) is 9.59 Å². The molecule has 0 aliphatic carbocycles. The summed E-state index contributed by atoms with van der Waals surface area (Å²) >= 11 is 5.03. The fraction of sp³-hybridized carbons (Fsp3) is 0.353. The van der Waals surface area contributed by atoms with Crippen molar-refractivity contribution < 1.29 is 33.3 Å². The summed E-state index contributed by atoms with van der Waals surface area (Å²) < 4.78 is 26.5. The van der Waals surface area contributed by atoms with Crippen molar-refractivity contribution in [2.24, 2.45) is 0 Å². The second-order valence-corrected chi connectivity index (χ2v) is 5.42. The summed E-state index contributed by atoms with van der Waals surface area (Å²) in [6.45, 7) is 2.46. The Morgan fingerprint density at radius 1 is 1.08 bits per heavy atom. The van der Waals surface area contributed by atoms with Crippen LogP contribution in [-0.4, -0.2) is 42.3 Å². The van der Waals surface area contributed by atoms with Crippen LogP contribution in [0.25, 0.3) is 0 Å². The second-order valence-electron chi connectivity index (χ2n) is 5.09. The van der Waals surface area contributed by atoms with Crippen molar-refractivity contribution in [1.29, 1.82) is 0 Å². The summed E-state index contributed by atoms with van der Waals surface area (Å²) in [6, 6.07) is 8.90. The van der Waals surface area contributed by atoms with Crippen molar-refractivity contribution >= 4 is 29.4 Å². The zero-order chi connectivity index (χ0) is 18.2. The lowest BCUT2D eigenvalue weighted by atomic mass is 10.1. The molecule has 0 aromatic heterocycles. The Kier molecular flexibility index (Phi) is 6.91. The number of esters is 2. The first-order valence-corrected chi connectivity index (χ1v) is 7.92. The molecule has 0 fully saturated rings. The van der Waals surface area contributed by atoms with E-state index in [4.69, 9.17) is 35.9 Å². The van der Waals surface area contributed by atoms with Crippen LogP contribution in [0, 0.1) is 0 Å². The van der Waals surface area contributed by atoms with Crippen LogP contribution in [0.2, 0.25) is 0 Å².